The third-order valence-electron chi connectivity index (χ3n) is 4.29. The number of rotatable bonds is 3. The van der Waals surface area contributed by atoms with Gasteiger partial charge in [0.2, 0.25) is 19.5 Å². The molecule has 0 aromatic heterocycles. The fourth-order valence-corrected chi connectivity index (χ4v) is 2.68. The summed E-state index contributed by atoms with van der Waals surface area (Å²) >= 11 is 0. The highest BCUT2D eigenvalue weighted by Gasteiger charge is 2.32. The third kappa shape index (κ3) is 2.40. The van der Waals surface area contributed by atoms with Gasteiger partial charge in [-0.2, -0.15) is 0 Å². The van der Waals surface area contributed by atoms with Gasteiger partial charge in [-0.1, -0.05) is 6.07 Å². The first-order valence-electron chi connectivity index (χ1n) is 7.65. The highest BCUT2D eigenvalue weighted by atomic mass is 16.7. The molecule has 0 aliphatic carbocycles. The number of benzene rings is 2. The van der Waals surface area contributed by atoms with Gasteiger partial charge < -0.3 is 24.3 Å². The van der Waals surface area contributed by atoms with Crippen molar-refractivity contribution in [2.75, 3.05) is 18.9 Å². The molecular weight excluding hydrogens is 310 g/mol. The Morgan fingerprint density at radius 1 is 0.875 bits per heavy atom. The van der Waals surface area contributed by atoms with Crippen LogP contribution in [0.25, 0.3) is 0 Å². The molecule has 1 amide bonds. The van der Waals surface area contributed by atoms with Gasteiger partial charge in [0.05, 0.1) is 5.41 Å². The predicted octanol–water partition coefficient (Wildman–Crippen LogP) is 3.06. The molecule has 2 aliphatic heterocycles. The molecule has 2 aromatic rings. The number of carbonyl (C=O) groups excluding carboxylic acids is 1. The van der Waals surface area contributed by atoms with Crippen molar-refractivity contribution in [1.29, 1.82) is 0 Å². The molecule has 0 saturated heterocycles. The van der Waals surface area contributed by atoms with Crippen molar-refractivity contribution in [1.82, 2.24) is 0 Å². The molecular formula is C18H17NO5. The van der Waals surface area contributed by atoms with Crippen molar-refractivity contribution >= 4 is 11.6 Å². The first kappa shape index (κ1) is 14.7. The molecule has 6 nitrogen and oxygen atoms in total. The van der Waals surface area contributed by atoms with Gasteiger partial charge >= 0.3 is 0 Å². The van der Waals surface area contributed by atoms with Crippen molar-refractivity contribution < 1.29 is 23.7 Å². The molecule has 124 valence electrons. The largest absolute Gasteiger partial charge is 0.454 e. The topological polar surface area (TPSA) is 66.0 Å². The minimum Gasteiger partial charge on any atom is -0.454 e. The normalized spacial score (nSPS) is 14.6. The van der Waals surface area contributed by atoms with Gasteiger partial charge in [0.15, 0.2) is 23.0 Å². The van der Waals surface area contributed by atoms with Crippen LogP contribution in [0.4, 0.5) is 5.69 Å². The number of anilines is 1. The summed E-state index contributed by atoms with van der Waals surface area (Å²) in [6.45, 7) is 4.15. The number of fused-ring (bicyclic) bond motifs is 2. The zero-order chi connectivity index (χ0) is 16.7. The lowest BCUT2D eigenvalue weighted by molar-refractivity contribution is -0.120. The molecule has 2 heterocycles. The Hall–Kier alpha value is -2.89. The lowest BCUT2D eigenvalue weighted by atomic mass is 9.83. The van der Waals surface area contributed by atoms with Gasteiger partial charge in [0.1, 0.15) is 0 Å². The van der Waals surface area contributed by atoms with Crippen LogP contribution in [-0.4, -0.2) is 19.5 Å². The fraction of sp³-hybridized carbons (Fsp3) is 0.278. The van der Waals surface area contributed by atoms with Crippen LogP contribution in [0.1, 0.15) is 19.4 Å². The van der Waals surface area contributed by atoms with Crippen LogP contribution in [0, 0.1) is 0 Å². The minimum atomic E-state index is -0.739. The highest BCUT2D eigenvalue weighted by Crippen LogP contribution is 2.38. The molecule has 24 heavy (non-hydrogen) atoms. The molecule has 0 fully saturated rings. The second-order valence-electron chi connectivity index (χ2n) is 6.22. The zero-order valence-electron chi connectivity index (χ0n) is 13.4. The maximum atomic E-state index is 12.8. The quantitative estimate of drug-likeness (QED) is 0.938. The van der Waals surface area contributed by atoms with E-state index in [2.05, 4.69) is 5.32 Å². The van der Waals surface area contributed by atoms with Gasteiger partial charge in [-0.05, 0) is 43.7 Å². The van der Waals surface area contributed by atoms with E-state index in [4.69, 9.17) is 18.9 Å². The van der Waals surface area contributed by atoms with Crippen LogP contribution in [0.5, 0.6) is 23.0 Å². The average molecular weight is 327 g/mol. The van der Waals surface area contributed by atoms with E-state index >= 15 is 0 Å². The van der Waals surface area contributed by atoms with Crippen LogP contribution >= 0.6 is 0 Å². The van der Waals surface area contributed by atoms with E-state index in [9.17, 15) is 4.79 Å². The van der Waals surface area contributed by atoms with E-state index in [0.29, 0.717) is 28.7 Å². The Morgan fingerprint density at radius 3 is 2.17 bits per heavy atom. The molecule has 0 bridgehead atoms. The molecule has 0 spiro atoms. The summed E-state index contributed by atoms with van der Waals surface area (Å²) in [5.41, 5.74) is 0.778. The zero-order valence-corrected chi connectivity index (χ0v) is 13.4. The average Bonchev–Trinajstić information content (AvgIpc) is 3.22. The molecule has 4 rings (SSSR count). The molecule has 1 N–H and O–H groups in total. The lowest BCUT2D eigenvalue weighted by Crippen LogP contribution is -2.34. The number of hydrogen-bond donors (Lipinski definition) is 1. The van der Waals surface area contributed by atoms with E-state index in [1.54, 1.807) is 18.2 Å². The Labute approximate surface area is 139 Å². The molecule has 0 atom stereocenters. The smallest absolute Gasteiger partial charge is 0.234 e. The molecule has 6 heteroatoms. The Balaban J connectivity index is 1.56. The van der Waals surface area contributed by atoms with Crippen molar-refractivity contribution in [3.05, 3.63) is 42.0 Å². The number of carbonyl (C=O) groups is 1. The second kappa shape index (κ2) is 5.33. The van der Waals surface area contributed by atoms with E-state index in [0.717, 1.165) is 5.56 Å². The van der Waals surface area contributed by atoms with E-state index in [1.807, 2.05) is 32.0 Å². The molecule has 0 radical (unpaired) electrons. The summed E-state index contributed by atoms with van der Waals surface area (Å²) in [7, 11) is 0. The monoisotopic (exact) mass is 327 g/mol. The molecule has 0 unspecified atom stereocenters. The summed E-state index contributed by atoms with van der Waals surface area (Å²) in [5.74, 6) is 2.55. The van der Waals surface area contributed by atoms with Gasteiger partial charge in [-0.3, -0.25) is 4.79 Å². The van der Waals surface area contributed by atoms with Crippen LogP contribution in [-0.2, 0) is 10.2 Å². The lowest BCUT2D eigenvalue weighted by Gasteiger charge is -2.24. The van der Waals surface area contributed by atoms with Crippen LogP contribution in [0.2, 0.25) is 0 Å². The van der Waals surface area contributed by atoms with E-state index in [1.165, 1.54) is 0 Å². The fourth-order valence-electron chi connectivity index (χ4n) is 2.68. The minimum absolute atomic E-state index is 0.125. The summed E-state index contributed by atoms with van der Waals surface area (Å²) in [5, 5.41) is 2.93. The second-order valence-corrected chi connectivity index (χ2v) is 6.22. The molecule has 2 aromatic carbocycles. The van der Waals surface area contributed by atoms with E-state index < -0.39 is 5.41 Å². The van der Waals surface area contributed by atoms with Crippen LogP contribution in [0.3, 0.4) is 0 Å². The van der Waals surface area contributed by atoms with Gasteiger partial charge in [-0.15, -0.1) is 0 Å². The van der Waals surface area contributed by atoms with Crippen molar-refractivity contribution in [3.63, 3.8) is 0 Å². The first-order chi connectivity index (χ1) is 11.5. The first-order valence-corrected chi connectivity index (χ1v) is 7.65. The maximum Gasteiger partial charge on any atom is 0.234 e. The number of ether oxygens (including phenoxy) is 4. The molecule has 2 aliphatic rings. The predicted molar refractivity (Wildman–Crippen MR) is 86.8 cm³/mol. The van der Waals surface area contributed by atoms with Gasteiger partial charge in [0.25, 0.3) is 0 Å². The van der Waals surface area contributed by atoms with Crippen molar-refractivity contribution in [2.24, 2.45) is 0 Å². The number of amides is 1. The summed E-state index contributed by atoms with van der Waals surface area (Å²) in [6.07, 6.45) is 0. The van der Waals surface area contributed by atoms with Gasteiger partial charge in [-0.25, -0.2) is 0 Å². The summed E-state index contributed by atoms with van der Waals surface area (Å²) in [6, 6.07) is 10.9. The standard InChI is InChI=1S/C18H17NO5/c1-18(2,11-3-5-13-15(7-11)23-9-21-13)17(20)19-12-4-6-14-16(8-12)24-10-22-14/h3-8H,9-10H2,1-2H3,(H,19,20). The van der Waals surface area contributed by atoms with Gasteiger partial charge in [0, 0.05) is 11.8 Å². The maximum absolute atomic E-state index is 12.8. The number of nitrogens with one attached hydrogen (secondary N) is 1. The molecule has 0 saturated carbocycles. The number of hydrogen-bond acceptors (Lipinski definition) is 5. The SMILES string of the molecule is CC(C)(C(=O)Nc1ccc2c(c1)OCO2)c1ccc2c(c1)OCO2. The Bertz CT molecular complexity index is 815. The Morgan fingerprint density at radius 2 is 1.46 bits per heavy atom. The Kier molecular flexibility index (Phi) is 3.26. The van der Waals surface area contributed by atoms with Crippen molar-refractivity contribution in [2.45, 2.75) is 19.3 Å². The summed E-state index contributed by atoms with van der Waals surface area (Å²) in [4.78, 5) is 12.8. The highest BCUT2D eigenvalue weighted by molar-refractivity contribution is 5.98. The van der Waals surface area contributed by atoms with Crippen LogP contribution in [0.15, 0.2) is 36.4 Å². The van der Waals surface area contributed by atoms with Crippen LogP contribution < -0.4 is 24.3 Å². The third-order valence-corrected chi connectivity index (χ3v) is 4.29. The van der Waals surface area contributed by atoms with Crippen molar-refractivity contribution in [3.8, 4) is 23.0 Å². The van der Waals surface area contributed by atoms with E-state index in [-0.39, 0.29) is 19.5 Å². The summed E-state index contributed by atoms with van der Waals surface area (Å²) < 4.78 is 21.3.